The van der Waals surface area contributed by atoms with Crippen molar-refractivity contribution in [3.8, 4) is 11.5 Å². The molecule has 2 aromatic carbocycles. The van der Waals surface area contributed by atoms with Gasteiger partial charge in [-0.3, -0.25) is 0 Å². The van der Waals surface area contributed by atoms with E-state index in [0.717, 1.165) is 31.4 Å². The summed E-state index contributed by atoms with van der Waals surface area (Å²) >= 11 is 0. The highest BCUT2D eigenvalue weighted by molar-refractivity contribution is 5.98. The number of aromatic hydroxyl groups is 1. The standard InChI is InChI=1S/C21H19F3O4/c1-27-20(26)19-14(11-17(12-18(19)25)28-16-3-2-4-16)8-5-13-6-9-15(10-7-13)21(22,23)24/h5-12,16,25H,2-4H2,1H3/b8-5+. The number of phenolic OH excluding ortho intramolecular Hbond substituents is 1. The number of rotatable bonds is 5. The highest BCUT2D eigenvalue weighted by Crippen LogP contribution is 2.33. The van der Waals surface area contributed by atoms with Crippen LogP contribution in [0.2, 0.25) is 0 Å². The molecule has 0 spiro atoms. The second-order valence-electron chi connectivity index (χ2n) is 6.52. The van der Waals surface area contributed by atoms with Gasteiger partial charge in [0.25, 0.3) is 0 Å². The van der Waals surface area contributed by atoms with E-state index < -0.39 is 17.7 Å². The summed E-state index contributed by atoms with van der Waals surface area (Å²) in [5.41, 5.74) is 0.0785. The Morgan fingerprint density at radius 1 is 1.14 bits per heavy atom. The maximum Gasteiger partial charge on any atom is 0.416 e. The number of hydrogen-bond donors (Lipinski definition) is 1. The van der Waals surface area contributed by atoms with Gasteiger partial charge in [-0.2, -0.15) is 13.2 Å². The molecule has 1 saturated carbocycles. The van der Waals surface area contributed by atoms with Crippen molar-refractivity contribution >= 4 is 18.1 Å². The Bertz CT molecular complexity index is 882. The molecule has 0 amide bonds. The van der Waals surface area contributed by atoms with Crippen LogP contribution >= 0.6 is 0 Å². The molecule has 4 nitrogen and oxygen atoms in total. The number of phenols is 1. The van der Waals surface area contributed by atoms with E-state index in [9.17, 15) is 23.1 Å². The van der Waals surface area contributed by atoms with Crippen molar-refractivity contribution in [1.82, 2.24) is 0 Å². The normalized spacial score (nSPS) is 14.7. The summed E-state index contributed by atoms with van der Waals surface area (Å²) in [5.74, 6) is -0.586. The maximum absolute atomic E-state index is 12.7. The molecule has 2 aromatic rings. The average Bonchev–Trinajstić information content (AvgIpc) is 2.62. The number of esters is 1. The first-order valence-corrected chi connectivity index (χ1v) is 8.75. The molecule has 1 aliphatic carbocycles. The van der Waals surface area contributed by atoms with Crippen LogP contribution in [0.1, 0.15) is 46.3 Å². The second-order valence-corrected chi connectivity index (χ2v) is 6.52. The molecule has 28 heavy (non-hydrogen) atoms. The summed E-state index contributed by atoms with van der Waals surface area (Å²) in [6.07, 6.45) is 1.69. The summed E-state index contributed by atoms with van der Waals surface area (Å²) in [6, 6.07) is 7.57. The molecule has 148 valence electrons. The highest BCUT2D eigenvalue weighted by atomic mass is 19.4. The van der Waals surface area contributed by atoms with Crippen molar-refractivity contribution < 1.29 is 32.5 Å². The average molecular weight is 392 g/mol. The number of carbonyl (C=O) groups excluding carboxylic acids is 1. The molecule has 0 unspecified atom stereocenters. The smallest absolute Gasteiger partial charge is 0.416 e. The summed E-state index contributed by atoms with van der Waals surface area (Å²) in [4.78, 5) is 12.0. The third-order valence-corrected chi connectivity index (χ3v) is 4.56. The molecule has 7 heteroatoms. The molecule has 0 atom stereocenters. The first kappa shape index (κ1) is 19.8. The minimum absolute atomic E-state index is 0.0355. The summed E-state index contributed by atoms with van der Waals surface area (Å²) < 4.78 is 48.5. The monoisotopic (exact) mass is 392 g/mol. The van der Waals surface area contributed by atoms with Crippen LogP contribution < -0.4 is 4.74 Å². The minimum atomic E-state index is -4.40. The van der Waals surface area contributed by atoms with Gasteiger partial charge in [0.1, 0.15) is 17.1 Å². The molecular weight excluding hydrogens is 373 g/mol. The van der Waals surface area contributed by atoms with Gasteiger partial charge in [0.15, 0.2) is 0 Å². The maximum atomic E-state index is 12.7. The van der Waals surface area contributed by atoms with Gasteiger partial charge in [-0.05, 0) is 48.6 Å². The van der Waals surface area contributed by atoms with E-state index in [1.54, 1.807) is 12.1 Å². The number of methoxy groups -OCH3 is 1. The van der Waals surface area contributed by atoms with Gasteiger partial charge in [0, 0.05) is 6.07 Å². The number of benzene rings is 2. The first-order valence-electron chi connectivity index (χ1n) is 8.75. The molecule has 0 bridgehead atoms. The number of carbonyl (C=O) groups is 1. The fourth-order valence-electron chi connectivity index (χ4n) is 2.80. The van der Waals surface area contributed by atoms with E-state index in [4.69, 9.17) is 9.47 Å². The van der Waals surface area contributed by atoms with Crippen LogP contribution in [0.4, 0.5) is 13.2 Å². The zero-order chi connectivity index (χ0) is 20.3. The van der Waals surface area contributed by atoms with Gasteiger partial charge in [-0.25, -0.2) is 4.79 Å². The highest BCUT2D eigenvalue weighted by Gasteiger charge is 2.29. The van der Waals surface area contributed by atoms with Crippen LogP contribution in [-0.4, -0.2) is 24.3 Å². The molecule has 0 saturated heterocycles. The molecule has 3 rings (SSSR count). The predicted octanol–water partition coefficient (Wildman–Crippen LogP) is 5.30. The SMILES string of the molecule is COC(=O)c1c(O)cc(OC2CCC2)cc1/C=C/c1ccc(C(F)(F)F)cc1. The van der Waals surface area contributed by atoms with E-state index in [0.29, 0.717) is 16.9 Å². The first-order chi connectivity index (χ1) is 13.3. The fraction of sp³-hybridized carbons (Fsp3) is 0.286. The number of hydrogen-bond acceptors (Lipinski definition) is 4. The van der Waals surface area contributed by atoms with E-state index in [1.807, 2.05) is 0 Å². The largest absolute Gasteiger partial charge is 0.507 e. The van der Waals surface area contributed by atoms with Crippen molar-refractivity contribution in [2.24, 2.45) is 0 Å². The second kappa shape index (κ2) is 7.96. The van der Waals surface area contributed by atoms with Gasteiger partial charge in [0.05, 0.1) is 18.8 Å². The van der Waals surface area contributed by atoms with Crippen molar-refractivity contribution in [2.45, 2.75) is 31.5 Å². The molecule has 0 radical (unpaired) electrons. The van der Waals surface area contributed by atoms with E-state index in [-0.39, 0.29) is 17.4 Å². The van der Waals surface area contributed by atoms with Gasteiger partial charge in [-0.15, -0.1) is 0 Å². The van der Waals surface area contributed by atoms with Crippen LogP contribution in [0, 0.1) is 0 Å². The van der Waals surface area contributed by atoms with E-state index >= 15 is 0 Å². The van der Waals surface area contributed by atoms with Crippen LogP contribution in [-0.2, 0) is 10.9 Å². The lowest BCUT2D eigenvalue weighted by Gasteiger charge is -2.26. The number of halogens is 3. The van der Waals surface area contributed by atoms with Crippen LogP contribution in [0.3, 0.4) is 0 Å². The Hall–Kier alpha value is -2.96. The molecule has 0 heterocycles. The zero-order valence-corrected chi connectivity index (χ0v) is 15.1. The van der Waals surface area contributed by atoms with Gasteiger partial charge >= 0.3 is 12.1 Å². The van der Waals surface area contributed by atoms with Gasteiger partial charge in [0.2, 0.25) is 0 Å². The van der Waals surface area contributed by atoms with Crippen LogP contribution in [0.15, 0.2) is 36.4 Å². The topological polar surface area (TPSA) is 55.8 Å². The van der Waals surface area contributed by atoms with E-state index in [1.165, 1.54) is 31.4 Å². The van der Waals surface area contributed by atoms with Crippen molar-refractivity contribution in [2.75, 3.05) is 7.11 Å². The Labute approximate surface area is 160 Å². The molecule has 1 fully saturated rings. The van der Waals surface area contributed by atoms with Gasteiger partial charge in [-0.1, -0.05) is 24.3 Å². The quantitative estimate of drug-likeness (QED) is 0.554. The van der Waals surface area contributed by atoms with Gasteiger partial charge < -0.3 is 14.6 Å². The van der Waals surface area contributed by atoms with Crippen LogP contribution in [0.25, 0.3) is 12.2 Å². The molecule has 0 aromatic heterocycles. The fourth-order valence-corrected chi connectivity index (χ4v) is 2.80. The molecule has 0 aliphatic heterocycles. The summed E-state index contributed by atoms with van der Waals surface area (Å²) in [5, 5.41) is 10.3. The van der Waals surface area contributed by atoms with E-state index in [2.05, 4.69) is 0 Å². The third kappa shape index (κ3) is 4.47. The van der Waals surface area contributed by atoms with Crippen molar-refractivity contribution in [1.29, 1.82) is 0 Å². The Morgan fingerprint density at radius 3 is 2.36 bits per heavy atom. The summed E-state index contributed by atoms with van der Waals surface area (Å²) in [7, 11) is 1.20. The Kier molecular flexibility index (Phi) is 5.63. The molecular formula is C21H19F3O4. The lowest BCUT2D eigenvalue weighted by Crippen LogP contribution is -2.24. The Morgan fingerprint density at radius 2 is 1.82 bits per heavy atom. The predicted molar refractivity (Wildman–Crippen MR) is 98.1 cm³/mol. The number of ether oxygens (including phenoxy) is 2. The molecule has 1 aliphatic rings. The van der Waals surface area contributed by atoms with Crippen molar-refractivity contribution in [3.63, 3.8) is 0 Å². The lowest BCUT2D eigenvalue weighted by atomic mass is 9.96. The molecule has 1 N–H and O–H groups in total. The Balaban J connectivity index is 1.91. The summed E-state index contributed by atoms with van der Waals surface area (Å²) in [6.45, 7) is 0. The zero-order valence-electron chi connectivity index (χ0n) is 15.1. The van der Waals surface area contributed by atoms with Crippen molar-refractivity contribution in [3.05, 3.63) is 58.7 Å². The number of alkyl halides is 3. The lowest BCUT2D eigenvalue weighted by molar-refractivity contribution is -0.137. The minimum Gasteiger partial charge on any atom is -0.507 e. The third-order valence-electron chi connectivity index (χ3n) is 4.56. The van der Waals surface area contributed by atoms with Crippen LogP contribution in [0.5, 0.6) is 11.5 Å².